The quantitative estimate of drug-likeness (QED) is 0.355. The maximum Gasteiger partial charge on any atom is 0.416 e. The summed E-state index contributed by atoms with van der Waals surface area (Å²) < 4.78 is 40.4. The molecule has 0 aliphatic heterocycles. The third-order valence-electron chi connectivity index (χ3n) is 4.00. The summed E-state index contributed by atoms with van der Waals surface area (Å²) in [5, 5.41) is 0. The van der Waals surface area contributed by atoms with Gasteiger partial charge in [0, 0.05) is 0 Å². The van der Waals surface area contributed by atoms with Crippen LogP contribution in [0.3, 0.4) is 0 Å². The molecule has 0 fully saturated rings. The van der Waals surface area contributed by atoms with Gasteiger partial charge in [0.15, 0.2) is 0 Å². The molecule has 0 amide bonds. The van der Waals surface area contributed by atoms with Gasteiger partial charge in [0.1, 0.15) is 0 Å². The van der Waals surface area contributed by atoms with Crippen LogP contribution in [0.25, 0.3) is 0 Å². The van der Waals surface area contributed by atoms with E-state index in [1.165, 1.54) is 50.7 Å². The van der Waals surface area contributed by atoms with Crippen molar-refractivity contribution in [3.63, 3.8) is 0 Å². The molecule has 0 aromatic heterocycles. The Morgan fingerprint density at radius 1 is 0.739 bits per heavy atom. The first kappa shape index (κ1) is 22.8. The first-order chi connectivity index (χ1) is 11.0. The van der Waals surface area contributed by atoms with Gasteiger partial charge in [-0.15, -0.1) is 0 Å². The smallest absolute Gasteiger partial charge is 0.166 e. The fraction of sp³-hybridized carbons (Fsp3) is 0.684. The molecule has 0 nitrogen and oxygen atoms in total. The number of unbranched alkanes of at least 4 members (excludes halogenated alkanes) is 3. The van der Waals surface area contributed by atoms with E-state index in [-0.39, 0.29) is 0 Å². The zero-order valence-electron chi connectivity index (χ0n) is 15.0. The van der Waals surface area contributed by atoms with Crippen LogP contribution in [0, 0.1) is 0 Å². The standard InChI is InChI=1S/C7H5F3.3C4H9.Sn.H/c8-7(9,10)6-4-2-1-3-5-6;3*1-3-4-2;;/h1-5H;3*1,3-4H2,2H3;;. The first-order valence-corrected chi connectivity index (χ1v) is 16.1. The van der Waals surface area contributed by atoms with Gasteiger partial charge in [0.25, 0.3) is 0 Å². The molecule has 4 heteroatoms. The Bertz CT molecular complexity index is 344. The summed E-state index contributed by atoms with van der Waals surface area (Å²) in [6.45, 7) is 7.01. The van der Waals surface area contributed by atoms with Crippen molar-refractivity contribution in [3.8, 4) is 0 Å². The van der Waals surface area contributed by atoms with Gasteiger partial charge in [0.05, 0.1) is 5.56 Å². The second-order valence-electron chi connectivity index (χ2n) is 6.16. The van der Waals surface area contributed by atoms with E-state index in [0.717, 1.165) is 12.1 Å². The van der Waals surface area contributed by atoms with Crippen LogP contribution in [-0.4, -0.2) is 19.8 Å². The van der Waals surface area contributed by atoms with Crippen molar-refractivity contribution in [1.29, 1.82) is 0 Å². The number of hydrogen-bond donors (Lipinski definition) is 0. The van der Waals surface area contributed by atoms with Crippen molar-refractivity contribution in [3.05, 3.63) is 35.9 Å². The molecule has 0 radical (unpaired) electrons. The van der Waals surface area contributed by atoms with E-state index in [9.17, 15) is 13.2 Å². The van der Waals surface area contributed by atoms with E-state index in [2.05, 4.69) is 20.8 Å². The molecule has 23 heavy (non-hydrogen) atoms. The SMILES string of the molecule is CCC[CH2][SnH]([CH2]CCC)[CH2]CCC.FC(F)(F)c1ccccc1. The maximum atomic E-state index is 11.8. The number of benzene rings is 1. The molecule has 0 bridgehead atoms. The van der Waals surface area contributed by atoms with Gasteiger partial charge in [0.2, 0.25) is 0 Å². The van der Waals surface area contributed by atoms with Crippen LogP contribution in [0.2, 0.25) is 13.3 Å². The summed E-state index contributed by atoms with van der Waals surface area (Å²) >= 11 is -0.967. The van der Waals surface area contributed by atoms with Crippen molar-refractivity contribution < 1.29 is 13.2 Å². The van der Waals surface area contributed by atoms with E-state index in [1.807, 2.05) is 0 Å². The Kier molecular flexibility index (Phi) is 14.1. The summed E-state index contributed by atoms with van der Waals surface area (Å²) in [7, 11) is 0. The van der Waals surface area contributed by atoms with Gasteiger partial charge < -0.3 is 0 Å². The van der Waals surface area contributed by atoms with Crippen LogP contribution >= 0.6 is 0 Å². The van der Waals surface area contributed by atoms with Crippen LogP contribution in [0.4, 0.5) is 13.2 Å². The van der Waals surface area contributed by atoms with Crippen molar-refractivity contribution >= 4 is 19.8 Å². The molecule has 0 aliphatic carbocycles. The largest absolute Gasteiger partial charge is 0.416 e. The van der Waals surface area contributed by atoms with E-state index in [0.29, 0.717) is 0 Å². The Hall–Kier alpha value is -0.191. The minimum Gasteiger partial charge on any atom is -0.166 e. The molecular weight excluding hydrogens is 404 g/mol. The maximum absolute atomic E-state index is 11.8. The summed E-state index contributed by atoms with van der Waals surface area (Å²) in [5.74, 6) is 0. The molecule has 0 aliphatic rings. The zero-order valence-corrected chi connectivity index (χ0v) is 18.3. The molecule has 0 unspecified atom stereocenters. The molecule has 134 valence electrons. The second-order valence-corrected chi connectivity index (χ2v) is 16.0. The minimum atomic E-state index is -4.21. The first-order valence-electron chi connectivity index (χ1n) is 9.07. The van der Waals surface area contributed by atoms with E-state index < -0.39 is 31.5 Å². The van der Waals surface area contributed by atoms with Crippen LogP contribution in [-0.2, 0) is 6.18 Å². The van der Waals surface area contributed by atoms with Gasteiger partial charge in [-0.2, -0.15) is 13.2 Å². The number of halogens is 3. The van der Waals surface area contributed by atoms with Crippen molar-refractivity contribution in [2.45, 2.75) is 78.8 Å². The molecule has 0 N–H and O–H groups in total. The van der Waals surface area contributed by atoms with Crippen molar-refractivity contribution in [2.75, 3.05) is 0 Å². The van der Waals surface area contributed by atoms with Crippen LogP contribution in [0.5, 0.6) is 0 Å². The molecule has 1 aromatic carbocycles. The van der Waals surface area contributed by atoms with E-state index >= 15 is 0 Å². The Morgan fingerprint density at radius 2 is 1.13 bits per heavy atom. The molecule has 0 saturated carbocycles. The monoisotopic (exact) mass is 438 g/mol. The normalized spacial score (nSPS) is 11.3. The average Bonchev–Trinajstić information content (AvgIpc) is 2.55. The van der Waals surface area contributed by atoms with Crippen LogP contribution in [0.15, 0.2) is 30.3 Å². The summed E-state index contributed by atoms with van der Waals surface area (Å²) in [6, 6.07) is 6.36. The van der Waals surface area contributed by atoms with E-state index in [1.54, 1.807) is 19.4 Å². The Labute approximate surface area is 147 Å². The third-order valence-corrected chi connectivity index (χ3v) is 14.5. The van der Waals surface area contributed by atoms with Crippen LogP contribution < -0.4 is 0 Å². The van der Waals surface area contributed by atoms with Gasteiger partial charge in [-0.1, -0.05) is 30.3 Å². The average molecular weight is 437 g/mol. The zero-order chi connectivity index (χ0) is 17.6. The third kappa shape index (κ3) is 12.8. The molecule has 1 rings (SSSR count). The number of hydrogen-bond acceptors (Lipinski definition) is 0. The van der Waals surface area contributed by atoms with Gasteiger partial charge in [-0.25, -0.2) is 0 Å². The Morgan fingerprint density at radius 3 is 1.39 bits per heavy atom. The molecule has 0 spiro atoms. The summed E-state index contributed by atoms with van der Waals surface area (Å²) in [4.78, 5) is 0. The molecule has 1 aromatic rings. The van der Waals surface area contributed by atoms with Gasteiger partial charge >= 0.3 is 98.5 Å². The minimum absolute atomic E-state index is 0.602. The molecule has 0 heterocycles. The van der Waals surface area contributed by atoms with Crippen molar-refractivity contribution in [2.24, 2.45) is 0 Å². The molecule has 0 saturated heterocycles. The van der Waals surface area contributed by atoms with Crippen molar-refractivity contribution in [1.82, 2.24) is 0 Å². The fourth-order valence-electron chi connectivity index (χ4n) is 2.54. The van der Waals surface area contributed by atoms with Gasteiger partial charge in [-0.05, 0) is 0 Å². The van der Waals surface area contributed by atoms with Crippen LogP contribution in [0.1, 0.15) is 64.9 Å². The topological polar surface area (TPSA) is 0 Å². The predicted molar refractivity (Wildman–Crippen MR) is 97.7 cm³/mol. The number of alkyl halides is 3. The number of rotatable bonds is 9. The fourth-order valence-corrected chi connectivity index (χ4v) is 13.4. The molecular formula is C19H33F3Sn. The second kappa shape index (κ2) is 14.2. The summed E-state index contributed by atoms with van der Waals surface area (Å²) in [6.07, 6.45) is 4.67. The van der Waals surface area contributed by atoms with E-state index in [4.69, 9.17) is 0 Å². The molecule has 0 atom stereocenters. The Balaban J connectivity index is 0.000000433. The predicted octanol–water partition coefficient (Wildman–Crippen LogP) is 7.32. The van der Waals surface area contributed by atoms with Gasteiger partial charge in [-0.3, -0.25) is 0 Å². The summed E-state index contributed by atoms with van der Waals surface area (Å²) in [5.41, 5.74) is -0.602.